The molecule has 1 aromatic carbocycles. The van der Waals surface area contributed by atoms with Gasteiger partial charge in [0.05, 0.1) is 23.8 Å². The summed E-state index contributed by atoms with van der Waals surface area (Å²) < 4.78 is 60.6. The summed E-state index contributed by atoms with van der Waals surface area (Å²) in [5.74, 6) is -0.958. The number of carbonyl (C=O) groups is 1. The first kappa shape index (κ1) is 22.0. The first-order chi connectivity index (χ1) is 13.8. The second-order valence-electron chi connectivity index (χ2n) is 8.49. The highest BCUT2D eigenvalue weighted by Gasteiger charge is 2.38. The Balaban J connectivity index is 1.92. The maximum absolute atomic E-state index is 13.5. The predicted octanol–water partition coefficient (Wildman–Crippen LogP) is 4.73. The van der Waals surface area contributed by atoms with Gasteiger partial charge in [0, 0.05) is 12.5 Å². The number of rotatable bonds is 2. The van der Waals surface area contributed by atoms with Gasteiger partial charge in [-0.15, -0.1) is 5.10 Å². The summed E-state index contributed by atoms with van der Waals surface area (Å²) in [7, 11) is 0. The molecule has 10 heteroatoms. The molecular weight excluding hydrogens is 404 g/mol. The molecule has 0 N–H and O–H groups in total. The molecule has 0 radical (unpaired) electrons. The van der Waals surface area contributed by atoms with Crippen LogP contribution >= 0.6 is 0 Å². The zero-order valence-corrected chi connectivity index (χ0v) is 17.4. The highest BCUT2D eigenvalue weighted by Crippen LogP contribution is 2.37. The Morgan fingerprint density at radius 3 is 2.53 bits per heavy atom. The number of aromatic nitrogens is 3. The van der Waals surface area contributed by atoms with Gasteiger partial charge in [0.15, 0.2) is 0 Å². The minimum Gasteiger partial charge on any atom is -0.444 e. The predicted molar refractivity (Wildman–Crippen MR) is 100 cm³/mol. The number of fused-ring (bicyclic) bond motifs is 1. The molecule has 1 aromatic heterocycles. The number of alkyl halides is 3. The smallest absolute Gasteiger partial charge is 0.416 e. The molecule has 1 aliphatic rings. The van der Waals surface area contributed by atoms with Gasteiger partial charge in [-0.25, -0.2) is 13.9 Å². The van der Waals surface area contributed by atoms with E-state index in [9.17, 15) is 22.4 Å². The van der Waals surface area contributed by atoms with E-state index < -0.39 is 35.3 Å². The van der Waals surface area contributed by atoms with E-state index in [1.807, 2.05) is 6.92 Å². The molecule has 3 rings (SSSR count). The van der Waals surface area contributed by atoms with Crippen molar-refractivity contribution in [2.45, 2.75) is 71.4 Å². The van der Waals surface area contributed by atoms with E-state index in [2.05, 4.69) is 10.3 Å². The van der Waals surface area contributed by atoms with Crippen LogP contribution in [0, 0.1) is 5.82 Å². The molecule has 164 valence electrons. The summed E-state index contributed by atoms with van der Waals surface area (Å²) in [6, 6.07) is 1.53. The minimum atomic E-state index is -4.70. The van der Waals surface area contributed by atoms with Gasteiger partial charge >= 0.3 is 12.3 Å². The largest absolute Gasteiger partial charge is 0.444 e. The minimum absolute atomic E-state index is 0.0983. The van der Waals surface area contributed by atoms with Crippen LogP contribution in [0.1, 0.15) is 63.2 Å². The molecule has 0 fully saturated rings. The second kappa shape index (κ2) is 7.55. The van der Waals surface area contributed by atoms with E-state index in [0.717, 1.165) is 12.1 Å². The lowest BCUT2D eigenvalue weighted by molar-refractivity contribution is -0.138. The Morgan fingerprint density at radius 1 is 1.27 bits per heavy atom. The van der Waals surface area contributed by atoms with Crippen LogP contribution in [0.15, 0.2) is 18.2 Å². The molecule has 0 aliphatic carbocycles. The van der Waals surface area contributed by atoms with Crippen LogP contribution in [0.4, 0.5) is 22.4 Å². The van der Waals surface area contributed by atoms with Crippen molar-refractivity contribution in [1.82, 2.24) is 19.9 Å². The summed E-state index contributed by atoms with van der Waals surface area (Å²) in [6.45, 7) is 8.83. The third kappa shape index (κ3) is 4.41. The van der Waals surface area contributed by atoms with Gasteiger partial charge in [-0.05, 0) is 52.3 Å². The van der Waals surface area contributed by atoms with Crippen LogP contribution in [0.2, 0.25) is 0 Å². The molecule has 30 heavy (non-hydrogen) atoms. The number of amides is 1. The van der Waals surface area contributed by atoms with Gasteiger partial charge in [0.1, 0.15) is 17.1 Å². The van der Waals surface area contributed by atoms with Crippen LogP contribution < -0.4 is 0 Å². The normalized spacial score (nSPS) is 18.2. The number of nitrogens with zero attached hydrogens (tertiary/aromatic N) is 4. The highest BCUT2D eigenvalue weighted by molar-refractivity contribution is 5.69. The van der Waals surface area contributed by atoms with Crippen molar-refractivity contribution in [2.24, 2.45) is 0 Å². The first-order valence-electron chi connectivity index (χ1n) is 9.57. The van der Waals surface area contributed by atoms with Crippen molar-refractivity contribution in [1.29, 1.82) is 0 Å². The fourth-order valence-electron chi connectivity index (χ4n) is 3.53. The van der Waals surface area contributed by atoms with E-state index in [1.54, 1.807) is 27.7 Å². The van der Waals surface area contributed by atoms with E-state index in [0.29, 0.717) is 23.9 Å². The van der Waals surface area contributed by atoms with Crippen LogP contribution in [-0.4, -0.2) is 37.6 Å². The van der Waals surface area contributed by atoms with E-state index in [4.69, 9.17) is 4.74 Å². The van der Waals surface area contributed by atoms with Crippen molar-refractivity contribution in [2.75, 3.05) is 0 Å². The summed E-state index contributed by atoms with van der Waals surface area (Å²) >= 11 is 0. The number of carbonyl (C=O) groups excluding carboxylic acids is 1. The molecule has 1 amide bonds. The van der Waals surface area contributed by atoms with Gasteiger partial charge in [0.25, 0.3) is 0 Å². The third-order valence-corrected chi connectivity index (χ3v) is 4.98. The average molecular weight is 428 g/mol. The van der Waals surface area contributed by atoms with E-state index >= 15 is 0 Å². The van der Waals surface area contributed by atoms with Gasteiger partial charge in [-0.3, -0.25) is 4.90 Å². The van der Waals surface area contributed by atoms with Crippen molar-refractivity contribution >= 4 is 6.09 Å². The zero-order valence-electron chi connectivity index (χ0n) is 17.4. The molecule has 0 bridgehead atoms. The fraction of sp³-hybridized carbons (Fsp3) is 0.550. The van der Waals surface area contributed by atoms with Crippen LogP contribution in [0.25, 0.3) is 0 Å². The third-order valence-electron chi connectivity index (χ3n) is 4.98. The topological polar surface area (TPSA) is 60.2 Å². The quantitative estimate of drug-likeness (QED) is 0.649. The zero-order chi connectivity index (χ0) is 22.4. The van der Waals surface area contributed by atoms with Gasteiger partial charge < -0.3 is 4.74 Å². The Hall–Kier alpha value is -2.65. The van der Waals surface area contributed by atoms with Crippen molar-refractivity contribution in [3.63, 3.8) is 0 Å². The first-order valence-corrected chi connectivity index (χ1v) is 9.57. The number of ether oxygens (including phenoxy) is 1. The molecule has 0 saturated carbocycles. The Kier molecular flexibility index (Phi) is 5.55. The van der Waals surface area contributed by atoms with Crippen molar-refractivity contribution < 1.29 is 27.1 Å². The maximum atomic E-state index is 13.5. The molecule has 2 heterocycles. The van der Waals surface area contributed by atoms with Gasteiger partial charge in [0.2, 0.25) is 0 Å². The molecule has 2 atom stereocenters. The summed E-state index contributed by atoms with van der Waals surface area (Å²) in [5.41, 5.74) is -0.647. The van der Waals surface area contributed by atoms with Crippen LogP contribution in [0.3, 0.4) is 0 Å². The summed E-state index contributed by atoms with van der Waals surface area (Å²) in [4.78, 5) is 14.0. The monoisotopic (exact) mass is 428 g/mol. The summed E-state index contributed by atoms with van der Waals surface area (Å²) in [5, 5.41) is 8.13. The maximum Gasteiger partial charge on any atom is 0.416 e. The average Bonchev–Trinajstić information content (AvgIpc) is 3.00. The Bertz CT molecular complexity index is 949. The molecule has 1 aliphatic heterocycles. The number of halogens is 4. The summed E-state index contributed by atoms with van der Waals surface area (Å²) in [6.07, 6.45) is -4.83. The standard InChI is InChI=1S/C20H24F4N4O2/c1-11-8-17-16(10-27(11)18(29)30-19(3,4)5)25-26-28(17)12(2)14-7-6-13(21)9-15(14)20(22,23)24/h6-7,9,11-12H,8,10H2,1-5H3/t11-,12?/m1/s1. The molecular formula is C20H24F4N4O2. The molecule has 0 spiro atoms. The number of hydrogen-bond donors (Lipinski definition) is 0. The number of hydrogen-bond acceptors (Lipinski definition) is 4. The molecule has 0 saturated heterocycles. The van der Waals surface area contributed by atoms with Crippen molar-refractivity contribution in [3.8, 4) is 0 Å². The SMILES string of the molecule is CC(c1ccc(F)cc1C(F)(F)F)n1nnc2c1C[C@@H](C)N(C(=O)OC(C)(C)C)C2. The molecule has 1 unspecified atom stereocenters. The van der Waals surface area contributed by atoms with Crippen LogP contribution in [-0.2, 0) is 23.9 Å². The van der Waals surface area contributed by atoms with Crippen LogP contribution in [0.5, 0.6) is 0 Å². The molecule has 2 aromatic rings. The molecule has 6 nitrogen and oxygen atoms in total. The van der Waals surface area contributed by atoms with E-state index in [-0.39, 0.29) is 18.2 Å². The lowest BCUT2D eigenvalue weighted by Gasteiger charge is -2.34. The Morgan fingerprint density at radius 2 is 1.93 bits per heavy atom. The van der Waals surface area contributed by atoms with Crippen molar-refractivity contribution in [3.05, 3.63) is 46.5 Å². The van der Waals surface area contributed by atoms with Gasteiger partial charge in [-0.2, -0.15) is 13.2 Å². The highest BCUT2D eigenvalue weighted by atomic mass is 19.4. The Labute approximate surface area is 171 Å². The lowest BCUT2D eigenvalue weighted by atomic mass is 9.99. The van der Waals surface area contributed by atoms with E-state index in [1.165, 1.54) is 9.58 Å². The number of benzene rings is 1. The fourth-order valence-corrected chi connectivity index (χ4v) is 3.53. The second-order valence-corrected chi connectivity index (χ2v) is 8.49. The lowest BCUT2D eigenvalue weighted by Crippen LogP contribution is -2.45. The van der Waals surface area contributed by atoms with Gasteiger partial charge in [-0.1, -0.05) is 11.3 Å².